The lowest BCUT2D eigenvalue weighted by Gasteiger charge is -2.21. The Hall–Kier alpha value is -2.19. The van der Waals surface area contributed by atoms with Crippen LogP contribution in [0.25, 0.3) is 11.3 Å². The zero-order valence-electron chi connectivity index (χ0n) is 16.1. The largest absolute Gasteiger partial charge is 0.490 e. The number of hydrogen-bond acceptors (Lipinski definition) is 6. The molecule has 1 heterocycles. The van der Waals surface area contributed by atoms with Crippen LogP contribution in [0.2, 0.25) is 0 Å². The second kappa shape index (κ2) is 9.66. The highest BCUT2D eigenvalue weighted by Gasteiger charge is 2.23. The molecule has 0 bridgehead atoms. The minimum absolute atomic E-state index is 0.107. The number of benzene rings is 1. The van der Waals surface area contributed by atoms with Gasteiger partial charge in [0.2, 0.25) is 5.95 Å². The fraction of sp³-hybridized carbons (Fsp3) is 0.421. The van der Waals surface area contributed by atoms with Crippen molar-refractivity contribution in [1.29, 1.82) is 0 Å². The third-order valence-electron chi connectivity index (χ3n) is 4.12. The predicted molar refractivity (Wildman–Crippen MR) is 109 cm³/mol. The molecular formula is C19H25BrN4O3. The van der Waals surface area contributed by atoms with Gasteiger partial charge in [0, 0.05) is 25.8 Å². The molecule has 27 heavy (non-hydrogen) atoms. The van der Waals surface area contributed by atoms with E-state index in [1.165, 1.54) is 0 Å². The standard InChI is InChI=1S/C19H25BrN4O3/c1-5-24(6-2)18(25)16-12(3)22-19(21)23-17(16)13-7-8-15(14(20)11-13)27-10-9-26-4/h7-8,11H,5-6,9-10H2,1-4H3,(H2,21,22,23). The zero-order valence-corrected chi connectivity index (χ0v) is 17.7. The van der Waals surface area contributed by atoms with Crippen molar-refractivity contribution in [2.24, 2.45) is 0 Å². The SMILES string of the molecule is CCN(CC)C(=O)c1c(C)nc(N)nc1-c1ccc(OCCOC)c(Br)c1. The number of nitrogens with two attached hydrogens (primary N) is 1. The first-order chi connectivity index (χ1) is 12.9. The molecule has 0 atom stereocenters. The monoisotopic (exact) mass is 436 g/mol. The molecule has 1 amide bonds. The van der Waals surface area contributed by atoms with Crippen LogP contribution in [-0.4, -0.2) is 54.2 Å². The number of methoxy groups -OCH3 is 1. The maximum absolute atomic E-state index is 13.0. The van der Waals surface area contributed by atoms with Gasteiger partial charge in [-0.05, 0) is 54.9 Å². The summed E-state index contributed by atoms with van der Waals surface area (Å²) < 4.78 is 11.4. The molecule has 0 unspecified atom stereocenters. The molecular weight excluding hydrogens is 412 g/mol. The van der Waals surface area contributed by atoms with Gasteiger partial charge in [-0.15, -0.1) is 0 Å². The fourth-order valence-corrected chi connectivity index (χ4v) is 3.22. The van der Waals surface area contributed by atoms with Gasteiger partial charge in [0.05, 0.1) is 28.0 Å². The van der Waals surface area contributed by atoms with E-state index in [1.807, 2.05) is 32.0 Å². The Morgan fingerprint density at radius 1 is 1.22 bits per heavy atom. The Labute approximate surface area is 168 Å². The fourth-order valence-electron chi connectivity index (χ4n) is 2.73. The first-order valence-electron chi connectivity index (χ1n) is 8.77. The number of carbonyl (C=O) groups is 1. The molecule has 0 aliphatic carbocycles. The van der Waals surface area contributed by atoms with Crippen LogP contribution in [0.1, 0.15) is 29.9 Å². The van der Waals surface area contributed by atoms with Gasteiger partial charge in [-0.2, -0.15) is 0 Å². The molecule has 8 heteroatoms. The van der Waals surface area contributed by atoms with E-state index in [4.69, 9.17) is 15.2 Å². The van der Waals surface area contributed by atoms with Gasteiger partial charge in [0.25, 0.3) is 5.91 Å². The molecule has 0 aliphatic rings. The van der Waals surface area contributed by atoms with Gasteiger partial charge >= 0.3 is 0 Å². The van der Waals surface area contributed by atoms with Crippen LogP contribution >= 0.6 is 15.9 Å². The maximum atomic E-state index is 13.0. The topological polar surface area (TPSA) is 90.6 Å². The number of amides is 1. The molecule has 0 spiro atoms. The number of anilines is 1. The Bertz CT molecular complexity index is 810. The molecule has 2 rings (SSSR count). The van der Waals surface area contributed by atoms with Crippen LogP contribution in [0.5, 0.6) is 5.75 Å². The van der Waals surface area contributed by atoms with E-state index in [-0.39, 0.29) is 11.9 Å². The molecule has 2 aromatic rings. The lowest BCUT2D eigenvalue weighted by atomic mass is 10.0. The Kier molecular flexibility index (Phi) is 7.55. The quantitative estimate of drug-likeness (QED) is 0.638. The highest BCUT2D eigenvalue weighted by molar-refractivity contribution is 9.10. The summed E-state index contributed by atoms with van der Waals surface area (Å²) in [5.41, 5.74) is 8.16. The molecule has 2 N–H and O–H groups in total. The summed E-state index contributed by atoms with van der Waals surface area (Å²) in [5, 5.41) is 0. The number of aromatic nitrogens is 2. The van der Waals surface area contributed by atoms with Gasteiger partial charge in [0.1, 0.15) is 12.4 Å². The molecule has 1 aromatic heterocycles. The summed E-state index contributed by atoms with van der Waals surface area (Å²) >= 11 is 3.52. The number of nitrogens with zero attached hydrogens (tertiary/aromatic N) is 3. The molecule has 0 saturated heterocycles. The van der Waals surface area contributed by atoms with Crippen LogP contribution in [0.15, 0.2) is 22.7 Å². The molecule has 0 aliphatic heterocycles. The van der Waals surface area contributed by atoms with Crippen molar-refractivity contribution >= 4 is 27.8 Å². The summed E-state index contributed by atoms with van der Waals surface area (Å²) in [6.07, 6.45) is 0. The second-order valence-electron chi connectivity index (χ2n) is 5.85. The highest BCUT2D eigenvalue weighted by atomic mass is 79.9. The Morgan fingerprint density at radius 2 is 1.93 bits per heavy atom. The first-order valence-corrected chi connectivity index (χ1v) is 9.57. The summed E-state index contributed by atoms with van der Waals surface area (Å²) in [6, 6.07) is 5.55. The number of rotatable bonds is 8. The van der Waals surface area contributed by atoms with Crippen molar-refractivity contribution in [1.82, 2.24) is 14.9 Å². The molecule has 0 saturated carbocycles. The molecule has 0 radical (unpaired) electrons. The van der Waals surface area contributed by atoms with E-state index in [0.29, 0.717) is 49.0 Å². The summed E-state index contributed by atoms with van der Waals surface area (Å²) in [4.78, 5) is 23.3. The summed E-state index contributed by atoms with van der Waals surface area (Å²) in [5.74, 6) is 0.713. The molecule has 7 nitrogen and oxygen atoms in total. The normalized spacial score (nSPS) is 10.7. The van der Waals surface area contributed by atoms with Crippen LogP contribution in [-0.2, 0) is 4.74 Å². The van der Waals surface area contributed by atoms with E-state index in [0.717, 1.165) is 10.0 Å². The van der Waals surface area contributed by atoms with Gasteiger partial charge < -0.3 is 20.1 Å². The number of aryl methyl sites for hydroxylation is 1. The number of carbonyl (C=O) groups excluding carboxylic acids is 1. The first kappa shape index (κ1) is 21.1. The number of hydrogen-bond donors (Lipinski definition) is 1. The Morgan fingerprint density at radius 3 is 2.52 bits per heavy atom. The second-order valence-corrected chi connectivity index (χ2v) is 6.71. The number of nitrogen functional groups attached to an aromatic ring is 1. The third kappa shape index (κ3) is 4.95. The van der Waals surface area contributed by atoms with Gasteiger partial charge in [0.15, 0.2) is 0 Å². The van der Waals surface area contributed by atoms with Crippen LogP contribution < -0.4 is 10.5 Å². The Balaban J connectivity index is 2.48. The van der Waals surface area contributed by atoms with Crippen molar-refractivity contribution in [2.45, 2.75) is 20.8 Å². The van der Waals surface area contributed by atoms with Crippen LogP contribution in [0.4, 0.5) is 5.95 Å². The lowest BCUT2D eigenvalue weighted by Crippen LogP contribution is -2.32. The molecule has 1 aromatic carbocycles. The van der Waals surface area contributed by atoms with E-state index in [2.05, 4.69) is 25.9 Å². The summed E-state index contributed by atoms with van der Waals surface area (Å²) in [7, 11) is 1.62. The van der Waals surface area contributed by atoms with Crippen molar-refractivity contribution in [2.75, 3.05) is 39.1 Å². The zero-order chi connectivity index (χ0) is 20.0. The van der Waals surface area contributed by atoms with E-state index < -0.39 is 0 Å². The van der Waals surface area contributed by atoms with Crippen LogP contribution in [0, 0.1) is 6.92 Å². The minimum Gasteiger partial charge on any atom is -0.490 e. The van der Waals surface area contributed by atoms with Crippen molar-refractivity contribution < 1.29 is 14.3 Å². The summed E-state index contributed by atoms with van der Waals surface area (Å²) in [6.45, 7) is 7.81. The van der Waals surface area contributed by atoms with Crippen molar-refractivity contribution in [3.8, 4) is 17.0 Å². The average molecular weight is 437 g/mol. The van der Waals surface area contributed by atoms with Crippen molar-refractivity contribution in [3.63, 3.8) is 0 Å². The minimum atomic E-state index is -0.107. The van der Waals surface area contributed by atoms with Crippen LogP contribution in [0.3, 0.4) is 0 Å². The average Bonchev–Trinajstić information content (AvgIpc) is 2.63. The van der Waals surface area contributed by atoms with Gasteiger partial charge in [-0.3, -0.25) is 4.79 Å². The highest BCUT2D eigenvalue weighted by Crippen LogP contribution is 2.32. The predicted octanol–water partition coefficient (Wildman–Crippen LogP) is 3.30. The smallest absolute Gasteiger partial charge is 0.257 e. The lowest BCUT2D eigenvalue weighted by molar-refractivity contribution is 0.0772. The van der Waals surface area contributed by atoms with Gasteiger partial charge in [-0.1, -0.05) is 0 Å². The van der Waals surface area contributed by atoms with Crippen molar-refractivity contribution in [3.05, 3.63) is 33.9 Å². The maximum Gasteiger partial charge on any atom is 0.257 e. The number of halogens is 1. The van der Waals surface area contributed by atoms with E-state index in [1.54, 1.807) is 18.9 Å². The molecule has 0 fully saturated rings. The molecule has 146 valence electrons. The number of ether oxygens (including phenoxy) is 2. The van der Waals surface area contributed by atoms with E-state index >= 15 is 0 Å². The van der Waals surface area contributed by atoms with E-state index in [9.17, 15) is 4.79 Å². The van der Waals surface area contributed by atoms with Gasteiger partial charge in [-0.25, -0.2) is 9.97 Å². The third-order valence-corrected chi connectivity index (χ3v) is 4.74.